The number of amides is 1. The number of anilines is 3. The first-order chi connectivity index (χ1) is 16.1. The van der Waals surface area contributed by atoms with Crippen LogP contribution in [0.15, 0.2) is 48.8 Å². The first-order valence-corrected chi connectivity index (χ1v) is 10.5. The molecule has 1 aliphatic heterocycles. The van der Waals surface area contributed by atoms with E-state index in [1.165, 1.54) is 30.5 Å². The van der Waals surface area contributed by atoms with E-state index in [0.29, 0.717) is 31.6 Å². The van der Waals surface area contributed by atoms with Crippen molar-refractivity contribution < 1.29 is 22.4 Å². The topological polar surface area (TPSA) is 115 Å². The smallest absolute Gasteiger partial charge is 0.365 e. The number of benzene rings is 1. The number of piperidine rings is 1. The number of carbonyl (C=O) groups excluding carboxylic acids is 1. The van der Waals surface area contributed by atoms with Crippen LogP contribution in [0, 0.1) is 5.82 Å². The van der Waals surface area contributed by atoms with Crippen LogP contribution < -0.4 is 21.7 Å². The van der Waals surface area contributed by atoms with Crippen LogP contribution in [0.5, 0.6) is 0 Å². The Kier molecular flexibility index (Phi) is 6.17. The molecule has 0 aliphatic carbocycles. The van der Waals surface area contributed by atoms with E-state index in [2.05, 4.69) is 15.4 Å². The van der Waals surface area contributed by atoms with Gasteiger partial charge in [-0.15, -0.1) is 0 Å². The van der Waals surface area contributed by atoms with Gasteiger partial charge in [-0.1, -0.05) is 0 Å². The lowest BCUT2D eigenvalue weighted by atomic mass is 9.87. The van der Waals surface area contributed by atoms with Crippen molar-refractivity contribution in [3.63, 3.8) is 0 Å². The van der Waals surface area contributed by atoms with Gasteiger partial charge in [0.2, 0.25) is 0 Å². The molecule has 34 heavy (non-hydrogen) atoms. The molecule has 0 spiro atoms. The van der Waals surface area contributed by atoms with Crippen molar-refractivity contribution in [1.29, 1.82) is 0 Å². The maximum atomic E-state index is 13.2. The molecule has 0 unspecified atom stereocenters. The quantitative estimate of drug-likeness (QED) is 0.470. The average Bonchev–Trinajstić information content (AvgIpc) is 3.25. The number of carbonyl (C=O) groups is 1. The van der Waals surface area contributed by atoms with Gasteiger partial charge in [0.25, 0.3) is 5.91 Å². The van der Waals surface area contributed by atoms with Crippen molar-refractivity contribution in [1.82, 2.24) is 14.8 Å². The third-order valence-electron chi connectivity index (χ3n) is 6.04. The van der Waals surface area contributed by atoms with Crippen molar-refractivity contribution in [2.45, 2.75) is 24.6 Å². The van der Waals surface area contributed by atoms with E-state index in [-0.39, 0.29) is 23.7 Å². The number of halogens is 4. The molecule has 1 fully saturated rings. The number of alkyl halides is 3. The predicted octanol–water partition coefficient (Wildman–Crippen LogP) is 3.23. The first-order valence-electron chi connectivity index (χ1n) is 10.5. The summed E-state index contributed by atoms with van der Waals surface area (Å²) in [5, 5.41) is 7.48. The maximum Gasteiger partial charge on any atom is 0.416 e. The molecule has 0 bridgehead atoms. The van der Waals surface area contributed by atoms with Crippen molar-refractivity contribution in [2.24, 2.45) is 11.5 Å². The Morgan fingerprint density at radius 1 is 1.15 bits per heavy atom. The molecule has 1 amide bonds. The van der Waals surface area contributed by atoms with Crippen LogP contribution in [0.2, 0.25) is 0 Å². The van der Waals surface area contributed by atoms with E-state index in [9.17, 15) is 22.4 Å². The Balaban J connectivity index is 1.57. The van der Waals surface area contributed by atoms with Gasteiger partial charge in [0.05, 0.1) is 11.1 Å². The number of hydrogen-bond donors (Lipinski definition) is 3. The van der Waals surface area contributed by atoms with Gasteiger partial charge in [0.15, 0.2) is 5.82 Å². The Bertz CT molecular complexity index is 1170. The summed E-state index contributed by atoms with van der Waals surface area (Å²) in [5.74, 6) is -0.671. The molecule has 1 aromatic carbocycles. The molecule has 1 aliphatic rings. The highest BCUT2D eigenvalue weighted by atomic mass is 19.4. The standard InChI is InChI=1S/C22H23F4N7O/c23-15-1-3-16(4-2-15)30-20-17(19(28)34)12-33(31-20)21(13-27)6-9-32(10-7-21)18-11-14(5-8-29-18)22(24,25)26/h1-5,8,11-12H,6-7,9-10,13,27H2,(H2,28,34)(H,30,31). The summed E-state index contributed by atoms with van der Waals surface area (Å²) in [7, 11) is 0. The van der Waals surface area contributed by atoms with Gasteiger partial charge in [-0.25, -0.2) is 9.37 Å². The fourth-order valence-electron chi connectivity index (χ4n) is 4.01. The number of nitrogens with two attached hydrogens (primary N) is 2. The van der Waals surface area contributed by atoms with Crippen LogP contribution >= 0.6 is 0 Å². The molecule has 3 heterocycles. The number of primary amides is 1. The molecule has 1 saturated heterocycles. The molecule has 3 aromatic rings. The molecule has 0 atom stereocenters. The number of pyridine rings is 1. The molecular weight excluding hydrogens is 454 g/mol. The fraction of sp³-hybridized carbons (Fsp3) is 0.318. The third kappa shape index (κ3) is 4.67. The Labute approximate surface area is 192 Å². The number of hydrogen-bond acceptors (Lipinski definition) is 6. The zero-order valence-corrected chi connectivity index (χ0v) is 18.0. The fourth-order valence-corrected chi connectivity index (χ4v) is 4.01. The number of nitrogens with zero attached hydrogens (tertiary/aromatic N) is 4. The molecule has 0 saturated carbocycles. The summed E-state index contributed by atoms with van der Waals surface area (Å²) in [5.41, 5.74) is 10.9. The summed E-state index contributed by atoms with van der Waals surface area (Å²) in [6, 6.07) is 7.49. The number of aromatic nitrogens is 3. The Morgan fingerprint density at radius 3 is 2.41 bits per heavy atom. The molecule has 8 nitrogen and oxygen atoms in total. The van der Waals surface area contributed by atoms with Crippen molar-refractivity contribution in [2.75, 3.05) is 29.9 Å². The van der Waals surface area contributed by atoms with E-state index in [1.54, 1.807) is 9.58 Å². The summed E-state index contributed by atoms with van der Waals surface area (Å²) >= 11 is 0. The zero-order chi connectivity index (χ0) is 24.5. The van der Waals surface area contributed by atoms with Crippen LogP contribution in [-0.2, 0) is 11.7 Å². The van der Waals surface area contributed by atoms with E-state index >= 15 is 0 Å². The normalized spacial score (nSPS) is 15.9. The second-order valence-electron chi connectivity index (χ2n) is 8.15. The van der Waals surface area contributed by atoms with Crippen LogP contribution in [0.3, 0.4) is 0 Å². The van der Waals surface area contributed by atoms with Gasteiger partial charge in [0.1, 0.15) is 17.2 Å². The number of nitrogens with one attached hydrogen (secondary N) is 1. The van der Waals surface area contributed by atoms with Gasteiger partial charge in [-0.2, -0.15) is 18.3 Å². The molecule has 0 radical (unpaired) electrons. The lowest BCUT2D eigenvalue weighted by molar-refractivity contribution is -0.137. The van der Waals surface area contributed by atoms with E-state index in [0.717, 1.165) is 18.3 Å². The molecule has 4 rings (SSSR count). The monoisotopic (exact) mass is 477 g/mol. The highest BCUT2D eigenvalue weighted by molar-refractivity contribution is 5.98. The minimum absolute atomic E-state index is 0.138. The second kappa shape index (κ2) is 8.93. The zero-order valence-electron chi connectivity index (χ0n) is 18.0. The predicted molar refractivity (Wildman–Crippen MR) is 118 cm³/mol. The van der Waals surface area contributed by atoms with E-state index in [1.807, 2.05) is 0 Å². The lowest BCUT2D eigenvalue weighted by Gasteiger charge is -2.41. The van der Waals surface area contributed by atoms with Gasteiger partial charge >= 0.3 is 6.18 Å². The van der Waals surface area contributed by atoms with Crippen molar-refractivity contribution in [3.05, 3.63) is 65.7 Å². The van der Waals surface area contributed by atoms with Crippen molar-refractivity contribution >= 4 is 23.2 Å². The highest BCUT2D eigenvalue weighted by Crippen LogP contribution is 2.35. The molecule has 2 aromatic heterocycles. The van der Waals surface area contributed by atoms with Gasteiger partial charge in [-0.05, 0) is 49.2 Å². The summed E-state index contributed by atoms with van der Waals surface area (Å²) < 4.78 is 54.0. The molecule has 12 heteroatoms. The van der Waals surface area contributed by atoms with Gasteiger partial charge in [0, 0.05) is 37.7 Å². The molecule has 180 valence electrons. The maximum absolute atomic E-state index is 13.2. The second-order valence-corrected chi connectivity index (χ2v) is 8.15. The molecular formula is C22H23F4N7O. The van der Waals surface area contributed by atoms with Crippen LogP contribution in [0.1, 0.15) is 28.8 Å². The van der Waals surface area contributed by atoms with Crippen LogP contribution in [-0.4, -0.2) is 40.3 Å². The summed E-state index contributed by atoms with van der Waals surface area (Å²) in [6.07, 6.45) is -0.889. The van der Waals surface area contributed by atoms with E-state index in [4.69, 9.17) is 11.5 Å². The van der Waals surface area contributed by atoms with Gasteiger partial charge < -0.3 is 21.7 Å². The summed E-state index contributed by atoms with van der Waals surface area (Å²) in [4.78, 5) is 17.9. The summed E-state index contributed by atoms with van der Waals surface area (Å²) in [6.45, 7) is 0.961. The Morgan fingerprint density at radius 2 is 1.82 bits per heavy atom. The van der Waals surface area contributed by atoms with Crippen LogP contribution in [0.4, 0.5) is 34.9 Å². The minimum Gasteiger partial charge on any atom is -0.365 e. The van der Waals surface area contributed by atoms with Crippen molar-refractivity contribution in [3.8, 4) is 0 Å². The average molecular weight is 477 g/mol. The lowest BCUT2D eigenvalue weighted by Crippen LogP contribution is -2.51. The number of rotatable bonds is 6. The highest BCUT2D eigenvalue weighted by Gasteiger charge is 2.38. The third-order valence-corrected chi connectivity index (χ3v) is 6.04. The largest absolute Gasteiger partial charge is 0.416 e. The van der Waals surface area contributed by atoms with Gasteiger partial charge in [-0.3, -0.25) is 9.48 Å². The SMILES string of the molecule is NCC1(n2cc(C(N)=O)c(Nc3ccc(F)cc3)n2)CCN(c2cc(C(F)(F)F)ccn2)CC1. The van der Waals surface area contributed by atoms with E-state index < -0.39 is 29.0 Å². The first kappa shape index (κ1) is 23.5. The minimum atomic E-state index is -4.46. The van der Waals surface area contributed by atoms with Crippen LogP contribution in [0.25, 0.3) is 0 Å². The molecule has 5 N–H and O–H groups in total. The Hall–Kier alpha value is -3.67.